The number of pyridine rings is 1. The predicted molar refractivity (Wildman–Crippen MR) is 105 cm³/mol. The van der Waals surface area contributed by atoms with Crippen LogP contribution in [0.4, 0.5) is 5.69 Å². The Kier molecular flexibility index (Phi) is 5.03. The molecule has 7 heteroatoms. The molecular formula is C22H17N3O4. The highest BCUT2D eigenvalue weighted by atomic mass is 16.7. The molecule has 2 amide bonds. The van der Waals surface area contributed by atoms with Crippen LogP contribution >= 0.6 is 0 Å². The predicted octanol–water partition coefficient (Wildman–Crippen LogP) is 2.84. The molecule has 0 saturated heterocycles. The zero-order valence-corrected chi connectivity index (χ0v) is 15.4. The Morgan fingerprint density at radius 2 is 1.55 bits per heavy atom. The summed E-state index contributed by atoms with van der Waals surface area (Å²) in [5.41, 5.74) is 2.15. The molecule has 0 fully saturated rings. The number of imide groups is 1. The van der Waals surface area contributed by atoms with Crippen molar-refractivity contribution in [2.45, 2.75) is 6.54 Å². The van der Waals surface area contributed by atoms with Crippen LogP contribution < -0.4 is 4.90 Å². The van der Waals surface area contributed by atoms with Crippen molar-refractivity contribution in [3.8, 4) is 0 Å². The third-order valence-electron chi connectivity index (χ3n) is 4.49. The van der Waals surface area contributed by atoms with Crippen LogP contribution in [-0.2, 0) is 16.2 Å². The second-order valence-electron chi connectivity index (χ2n) is 6.47. The Labute approximate surface area is 167 Å². The lowest BCUT2D eigenvalue weighted by Crippen LogP contribution is -2.38. The molecule has 0 bridgehead atoms. The molecule has 0 radical (unpaired) electrons. The first-order valence-corrected chi connectivity index (χ1v) is 9.01. The number of rotatable bonds is 6. The zero-order valence-electron chi connectivity index (χ0n) is 15.4. The number of aromatic nitrogens is 1. The van der Waals surface area contributed by atoms with Crippen LogP contribution in [0.2, 0.25) is 0 Å². The number of carbonyl (C=O) groups is 3. The fraction of sp³-hybridized carbons (Fsp3) is 0.0909. The van der Waals surface area contributed by atoms with Crippen LogP contribution in [0.25, 0.3) is 0 Å². The Morgan fingerprint density at radius 3 is 2.17 bits per heavy atom. The number of nitrogens with zero attached hydrogens (tertiary/aromatic N) is 3. The van der Waals surface area contributed by atoms with E-state index >= 15 is 0 Å². The van der Waals surface area contributed by atoms with Crippen LogP contribution in [0, 0.1) is 0 Å². The van der Waals surface area contributed by atoms with E-state index in [-0.39, 0.29) is 17.7 Å². The molecule has 2 heterocycles. The van der Waals surface area contributed by atoms with Gasteiger partial charge in [0.05, 0.1) is 11.1 Å². The Morgan fingerprint density at radius 1 is 0.897 bits per heavy atom. The first-order valence-electron chi connectivity index (χ1n) is 9.01. The molecule has 1 aliphatic rings. The minimum atomic E-state index is -0.716. The van der Waals surface area contributed by atoms with Crippen molar-refractivity contribution in [3.63, 3.8) is 0 Å². The Bertz CT molecular complexity index is 1020. The number of hydrogen-bond donors (Lipinski definition) is 0. The van der Waals surface area contributed by atoms with Crippen LogP contribution in [0.1, 0.15) is 26.3 Å². The van der Waals surface area contributed by atoms with E-state index in [4.69, 9.17) is 4.84 Å². The van der Waals surface area contributed by atoms with Crippen LogP contribution in [-0.4, -0.2) is 34.4 Å². The minimum Gasteiger partial charge on any atom is -0.356 e. The van der Waals surface area contributed by atoms with Gasteiger partial charge in [-0.2, -0.15) is 0 Å². The highest BCUT2D eigenvalue weighted by Crippen LogP contribution is 2.23. The minimum absolute atomic E-state index is 0.147. The fourth-order valence-corrected chi connectivity index (χ4v) is 3.13. The molecular weight excluding hydrogens is 370 g/mol. The second kappa shape index (κ2) is 7.93. The van der Waals surface area contributed by atoms with Crippen molar-refractivity contribution in [2.75, 3.05) is 11.4 Å². The molecule has 0 aliphatic carbocycles. The van der Waals surface area contributed by atoms with Gasteiger partial charge in [-0.05, 0) is 35.9 Å². The van der Waals surface area contributed by atoms with Crippen LogP contribution in [0.3, 0.4) is 0 Å². The van der Waals surface area contributed by atoms with E-state index in [2.05, 4.69) is 4.98 Å². The number of hydrogen-bond acceptors (Lipinski definition) is 6. The van der Waals surface area contributed by atoms with E-state index < -0.39 is 17.8 Å². The number of fused-ring (bicyclic) bond motifs is 1. The third kappa shape index (κ3) is 3.84. The van der Waals surface area contributed by atoms with Crippen molar-refractivity contribution in [1.82, 2.24) is 10.0 Å². The number of amides is 2. The number of benzene rings is 2. The van der Waals surface area contributed by atoms with Gasteiger partial charge in [0.1, 0.15) is 6.54 Å². The third-order valence-corrected chi connectivity index (χ3v) is 4.49. The molecule has 0 spiro atoms. The lowest BCUT2D eigenvalue weighted by molar-refractivity contribution is -0.166. The highest BCUT2D eigenvalue weighted by Gasteiger charge is 2.38. The van der Waals surface area contributed by atoms with Gasteiger partial charge in [-0.25, -0.2) is 4.79 Å². The molecule has 144 valence electrons. The maximum atomic E-state index is 12.6. The van der Waals surface area contributed by atoms with E-state index in [0.29, 0.717) is 11.6 Å². The van der Waals surface area contributed by atoms with E-state index in [1.165, 1.54) is 12.1 Å². The van der Waals surface area contributed by atoms with E-state index in [0.717, 1.165) is 11.3 Å². The smallest absolute Gasteiger partial charge is 0.352 e. The van der Waals surface area contributed by atoms with Gasteiger partial charge in [0.15, 0.2) is 0 Å². The summed E-state index contributed by atoms with van der Waals surface area (Å²) in [5.74, 6) is -2.00. The largest absolute Gasteiger partial charge is 0.356 e. The number of anilines is 1. The molecule has 0 saturated carbocycles. The maximum absolute atomic E-state index is 12.6. The monoisotopic (exact) mass is 387 g/mol. The fourth-order valence-electron chi connectivity index (χ4n) is 3.13. The normalized spacial score (nSPS) is 12.6. The highest BCUT2D eigenvalue weighted by molar-refractivity contribution is 6.20. The summed E-state index contributed by atoms with van der Waals surface area (Å²) in [5, 5.41) is 0.528. The maximum Gasteiger partial charge on any atom is 0.352 e. The quantitative estimate of drug-likeness (QED) is 0.605. The molecule has 1 aromatic heterocycles. The summed E-state index contributed by atoms with van der Waals surface area (Å²) in [4.78, 5) is 48.4. The van der Waals surface area contributed by atoms with Gasteiger partial charge in [0.25, 0.3) is 11.8 Å². The van der Waals surface area contributed by atoms with Crippen molar-refractivity contribution in [3.05, 3.63) is 95.8 Å². The summed E-state index contributed by atoms with van der Waals surface area (Å²) in [7, 11) is 0. The SMILES string of the molecule is O=C(CN(Cc1cccnc1)c1ccccc1)ON1C(=O)c2ccccc2C1=O. The molecule has 2 aromatic carbocycles. The molecule has 0 N–H and O–H groups in total. The van der Waals surface area contributed by atoms with Gasteiger partial charge < -0.3 is 9.74 Å². The van der Waals surface area contributed by atoms with Crippen LogP contribution in [0.5, 0.6) is 0 Å². The molecule has 0 atom stereocenters. The van der Waals surface area contributed by atoms with Crippen molar-refractivity contribution in [2.24, 2.45) is 0 Å². The number of hydroxylamine groups is 2. The lowest BCUT2D eigenvalue weighted by atomic mass is 10.1. The average Bonchev–Trinajstić information content (AvgIpc) is 3.00. The van der Waals surface area contributed by atoms with Gasteiger partial charge in [0.2, 0.25) is 0 Å². The molecule has 29 heavy (non-hydrogen) atoms. The van der Waals surface area contributed by atoms with Crippen LogP contribution in [0.15, 0.2) is 79.1 Å². The van der Waals surface area contributed by atoms with Gasteiger partial charge in [-0.3, -0.25) is 14.6 Å². The van der Waals surface area contributed by atoms with Gasteiger partial charge in [-0.1, -0.05) is 41.5 Å². The van der Waals surface area contributed by atoms with Crippen molar-refractivity contribution < 1.29 is 19.2 Å². The lowest BCUT2D eigenvalue weighted by Gasteiger charge is -2.24. The second-order valence-corrected chi connectivity index (χ2v) is 6.47. The average molecular weight is 387 g/mol. The summed E-state index contributed by atoms with van der Waals surface area (Å²) >= 11 is 0. The van der Waals surface area contributed by atoms with Crippen molar-refractivity contribution in [1.29, 1.82) is 0 Å². The summed E-state index contributed by atoms with van der Waals surface area (Å²) in [6, 6.07) is 19.4. The molecule has 7 nitrogen and oxygen atoms in total. The van der Waals surface area contributed by atoms with E-state index in [9.17, 15) is 14.4 Å². The molecule has 1 aliphatic heterocycles. The van der Waals surface area contributed by atoms with Gasteiger partial charge >= 0.3 is 5.97 Å². The number of carbonyl (C=O) groups excluding carboxylic acids is 3. The molecule has 0 unspecified atom stereocenters. The van der Waals surface area contributed by atoms with Crippen molar-refractivity contribution >= 4 is 23.5 Å². The standard InChI is InChI=1S/C22H17N3O4/c26-20(29-25-21(27)18-10-4-5-11-19(18)22(25)28)15-24(17-8-2-1-3-9-17)14-16-7-6-12-23-13-16/h1-13H,14-15H2. The van der Waals surface area contributed by atoms with E-state index in [1.807, 2.05) is 42.5 Å². The zero-order chi connectivity index (χ0) is 20.2. The van der Waals surface area contributed by atoms with Gasteiger partial charge in [-0.15, -0.1) is 0 Å². The summed E-state index contributed by atoms with van der Waals surface area (Å²) in [6.07, 6.45) is 3.39. The molecule has 4 rings (SSSR count). The molecule has 3 aromatic rings. The topological polar surface area (TPSA) is 79.8 Å². The Hall–Kier alpha value is -4.00. The number of para-hydroxylation sites is 1. The summed E-state index contributed by atoms with van der Waals surface area (Å²) < 4.78 is 0. The van der Waals surface area contributed by atoms with Gasteiger partial charge in [0, 0.05) is 24.6 Å². The van der Waals surface area contributed by atoms with E-state index in [1.54, 1.807) is 29.4 Å². The Balaban J connectivity index is 1.50. The summed E-state index contributed by atoms with van der Waals surface area (Å²) in [6.45, 7) is 0.265. The first-order chi connectivity index (χ1) is 14.1. The first kappa shape index (κ1) is 18.4.